The van der Waals surface area contributed by atoms with Gasteiger partial charge < -0.3 is 11.1 Å². The van der Waals surface area contributed by atoms with Gasteiger partial charge in [0.05, 0.1) is 0 Å². The summed E-state index contributed by atoms with van der Waals surface area (Å²) < 4.78 is 0. The molecule has 3 heteroatoms. The van der Waals surface area contributed by atoms with E-state index in [4.69, 9.17) is 5.73 Å². The summed E-state index contributed by atoms with van der Waals surface area (Å²) in [5.41, 5.74) is 8.32. The SMILES string of the molecule is NCCCNC(=O)c1ccc(-c2ccccc2)cc1. The number of nitrogens with two attached hydrogens (primary N) is 1. The standard InChI is InChI=1S/C16H18N2O/c17-11-4-12-18-16(19)15-9-7-14(8-10-15)13-5-2-1-3-6-13/h1-3,5-10H,4,11-12,17H2,(H,18,19). The molecule has 0 spiro atoms. The average molecular weight is 254 g/mol. The number of rotatable bonds is 5. The summed E-state index contributed by atoms with van der Waals surface area (Å²) in [7, 11) is 0. The minimum atomic E-state index is -0.0481. The molecule has 3 N–H and O–H groups in total. The molecule has 2 aromatic rings. The lowest BCUT2D eigenvalue weighted by molar-refractivity contribution is 0.0953. The molecule has 0 atom stereocenters. The highest BCUT2D eigenvalue weighted by Gasteiger charge is 2.04. The number of nitrogens with one attached hydrogen (secondary N) is 1. The monoisotopic (exact) mass is 254 g/mol. The lowest BCUT2D eigenvalue weighted by atomic mass is 10.0. The van der Waals surface area contributed by atoms with E-state index in [2.05, 4.69) is 17.4 Å². The van der Waals surface area contributed by atoms with E-state index in [0.717, 1.165) is 17.5 Å². The van der Waals surface area contributed by atoms with Crippen molar-refractivity contribution < 1.29 is 4.79 Å². The Morgan fingerprint density at radius 2 is 1.58 bits per heavy atom. The number of hydrogen-bond donors (Lipinski definition) is 2. The van der Waals surface area contributed by atoms with Crippen molar-refractivity contribution in [3.8, 4) is 11.1 Å². The fourth-order valence-electron chi connectivity index (χ4n) is 1.85. The molecule has 0 aliphatic heterocycles. The smallest absolute Gasteiger partial charge is 0.251 e. The maximum absolute atomic E-state index is 11.8. The van der Waals surface area contributed by atoms with Crippen LogP contribution in [-0.4, -0.2) is 19.0 Å². The van der Waals surface area contributed by atoms with Crippen molar-refractivity contribution in [3.05, 3.63) is 60.2 Å². The first-order valence-corrected chi connectivity index (χ1v) is 6.45. The zero-order chi connectivity index (χ0) is 13.5. The maximum Gasteiger partial charge on any atom is 0.251 e. The highest BCUT2D eigenvalue weighted by atomic mass is 16.1. The van der Waals surface area contributed by atoms with E-state index in [0.29, 0.717) is 18.7 Å². The van der Waals surface area contributed by atoms with Gasteiger partial charge in [0.2, 0.25) is 0 Å². The number of carbonyl (C=O) groups is 1. The predicted octanol–water partition coefficient (Wildman–Crippen LogP) is 2.43. The van der Waals surface area contributed by atoms with Crippen molar-refractivity contribution in [3.63, 3.8) is 0 Å². The van der Waals surface area contributed by atoms with Crippen LogP contribution in [0.2, 0.25) is 0 Å². The lowest BCUT2D eigenvalue weighted by Gasteiger charge is -2.06. The van der Waals surface area contributed by atoms with Gasteiger partial charge in [-0.05, 0) is 36.2 Å². The van der Waals surface area contributed by atoms with Crippen LogP contribution in [-0.2, 0) is 0 Å². The normalized spacial score (nSPS) is 10.2. The third-order valence-corrected chi connectivity index (χ3v) is 2.92. The zero-order valence-corrected chi connectivity index (χ0v) is 10.8. The molecule has 0 aromatic heterocycles. The fourth-order valence-corrected chi connectivity index (χ4v) is 1.85. The molecule has 0 saturated heterocycles. The summed E-state index contributed by atoms with van der Waals surface area (Å²) in [5.74, 6) is -0.0481. The molecule has 0 unspecified atom stereocenters. The molecule has 2 aromatic carbocycles. The van der Waals surface area contributed by atoms with Crippen LogP contribution < -0.4 is 11.1 Å². The van der Waals surface area contributed by atoms with E-state index in [9.17, 15) is 4.79 Å². The van der Waals surface area contributed by atoms with Crippen molar-refractivity contribution in [1.29, 1.82) is 0 Å². The van der Waals surface area contributed by atoms with Crippen LogP contribution >= 0.6 is 0 Å². The van der Waals surface area contributed by atoms with Crippen LogP contribution in [0.1, 0.15) is 16.8 Å². The minimum Gasteiger partial charge on any atom is -0.352 e. The van der Waals surface area contributed by atoms with Crippen LogP contribution in [0.3, 0.4) is 0 Å². The van der Waals surface area contributed by atoms with Crippen molar-refractivity contribution in [2.75, 3.05) is 13.1 Å². The topological polar surface area (TPSA) is 55.1 Å². The predicted molar refractivity (Wildman–Crippen MR) is 77.9 cm³/mol. The number of benzene rings is 2. The Balaban J connectivity index is 2.04. The second-order valence-electron chi connectivity index (χ2n) is 4.34. The second-order valence-corrected chi connectivity index (χ2v) is 4.34. The number of carbonyl (C=O) groups excluding carboxylic acids is 1. The molecule has 19 heavy (non-hydrogen) atoms. The van der Waals surface area contributed by atoms with Crippen LogP contribution in [0.4, 0.5) is 0 Å². The molecule has 2 rings (SSSR count). The summed E-state index contributed by atoms with van der Waals surface area (Å²) in [5, 5.41) is 2.84. The Morgan fingerprint density at radius 3 is 2.21 bits per heavy atom. The molecular weight excluding hydrogens is 236 g/mol. The van der Waals surface area contributed by atoms with Crippen molar-refractivity contribution >= 4 is 5.91 Å². The van der Waals surface area contributed by atoms with Gasteiger partial charge in [-0.3, -0.25) is 4.79 Å². The zero-order valence-electron chi connectivity index (χ0n) is 10.8. The van der Waals surface area contributed by atoms with Gasteiger partial charge >= 0.3 is 0 Å². The van der Waals surface area contributed by atoms with Crippen molar-refractivity contribution in [1.82, 2.24) is 5.32 Å². The quantitative estimate of drug-likeness (QED) is 0.805. The summed E-state index contributed by atoms with van der Waals surface area (Å²) in [6.07, 6.45) is 0.799. The van der Waals surface area contributed by atoms with E-state index >= 15 is 0 Å². The van der Waals surface area contributed by atoms with E-state index in [1.807, 2.05) is 42.5 Å². The summed E-state index contributed by atoms with van der Waals surface area (Å²) in [6.45, 7) is 1.21. The van der Waals surface area contributed by atoms with Gasteiger partial charge in [-0.1, -0.05) is 42.5 Å². The molecule has 0 fully saturated rings. The summed E-state index contributed by atoms with van der Waals surface area (Å²) in [6, 6.07) is 17.7. The third kappa shape index (κ3) is 3.66. The van der Waals surface area contributed by atoms with Gasteiger partial charge in [-0.15, -0.1) is 0 Å². The Morgan fingerprint density at radius 1 is 0.947 bits per heavy atom. The van der Waals surface area contributed by atoms with E-state index in [-0.39, 0.29) is 5.91 Å². The van der Waals surface area contributed by atoms with E-state index in [1.165, 1.54) is 0 Å². The van der Waals surface area contributed by atoms with Crippen molar-refractivity contribution in [2.45, 2.75) is 6.42 Å². The van der Waals surface area contributed by atoms with Crippen LogP contribution in [0.25, 0.3) is 11.1 Å². The highest BCUT2D eigenvalue weighted by Crippen LogP contribution is 2.19. The van der Waals surface area contributed by atoms with Crippen LogP contribution in [0.15, 0.2) is 54.6 Å². The van der Waals surface area contributed by atoms with Crippen LogP contribution in [0, 0.1) is 0 Å². The molecule has 0 aliphatic carbocycles. The lowest BCUT2D eigenvalue weighted by Crippen LogP contribution is -2.25. The van der Waals surface area contributed by atoms with Gasteiger partial charge in [0.15, 0.2) is 0 Å². The molecule has 98 valence electrons. The number of amides is 1. The van der Waals surface area contributed by atoms with Crippen LogP contribution in [0.5, 0.6) is 0 Å². The van der Waals surface area contributed by atoms with E-state index in [1.54, 1.807) is 0 Å². The molecule has 0 radical (unpaired) electrons. The summed E-state index contributed by atoms with van der Waals surface area (Å²) in [4.78, 5) is 11.8. The molecular formula is C16H18N2O. The van der Waals surface area contributed by atoms with Gasteiger partial charge in [0, 0.05) is 12.1 Å². The van der Waals surface area contributed by atoms with Crippen molar-refractivity contribution in [2.24, 2.45) is 5.73 Å². The maximum atomic E-state index is 11.8. The molecule has 0 heterocycles. The number of hydrogen-bond acceptors (Lipinski definition) is 2. The first kappa shape index (κ1) is 13.3. The molecule has 0 aliphatic rings. The largest absolute Gasteiger partial charge is 0.352 e. The average Bonchev–Trinajstić information content (AvgIpc) is 2.48. The molecule has 1 amide bonds. The second kappa shape index (κ2) is 6.71. The minimum absolute atomic E-state index is 0.0481. The molecule has 0 bridgehead atoms. The van der Waals surface area contributed by atoms with Gasteiger partial charge in [-0.25, -0.2) is 0 Å². The first-order valence-electron chi connectivity index (χ1n) is 6.45. The fraction of sp³-hybridized carbons (Fsp3) is 0.188. The first-order chi connectivity index (χ1) is 9.31. The van der Waals surface area contributed by atoms with E-state index < -0.39 is 0 Å². The Labute approximate surface area is 113 Å². The van der Waals surface area contributed by atoms with Gasteiger partial charge in [0.1, 0.15) is 0 Å². The highest BCUT2D eigenvalue weighted by molar-refractivity contribution is 5.94. The Hall–Kier alpha value is -2.13. The Bertz CT molecular complexity index is 520. The molecule has 0 saturated carbocycles. The Kier molecular flexibility index (Phi) is 4.70. The van der Waals surface area contributed by atoms with Gasteiger partial charge in [0.25, 0.3) is 5.91 Å². The third-order valence-electron chi connectivity index (χ3n) is 2.92. The van der Waals surface area contributed by atoms with Gasteiger partial charge in [-0.2, -0.15) is 0 Å². The summed E-state index contributed by atoms with van der Waals surface area (Å²) >= 11 is 0. The molecule has 3 nitrogen and oxygen atoms in total.